The number of hydrogen-bond donors (Lipinski definition) is 0. The van der Waals surface area contributed by atoms with Crippen LogP contribution in [0.15, 0.2) is 5.28 Å². The van der Waals surface area contributed by atoms with Crippen molar-refractivity contribution < 1.29 is 9.81 Å². The molecule has 1 saturated heterocycles. The largest absolute Gasteiger partial charge is 0.569 e. The Morgan fingerprint density at radius 2 is 2.10 bits per heavy atom. The summed E-state index contributed by atoms with van der Waals surface area (Å²) in [6.07, 6.45) is 2.09. The van der Waals surface area contributed by atoms with Crippen LogP contribution in [0.3, 0.4) is 0 Å². The zero-order chi connectivity index (χ0) is 7.40. The molecule has 1 aliphatic rings. The van der Waals surface area contributed by atoms with Gasteiger partial charge in [0, 0.05) is 0 Å². The zero-order valence-electron chi connectivity index (χ0n) is 5.69. The summed E-state index contributed by atoms with van der Waals surface area (Å²) in [5.41, 5.74) is 0. The maximum absolute atomic E-state index is 10.8. The van der Waals surface area contributed by atoms with Crippen LogP contribution < -0.4 is 0 Å². The Morgan fingerprint density at radius 1 is 1.50 bits per heavy atom. The summed E-state index contributed by atoms with van der Waals surface area (Å²) >= 11 is 0. The molecule has 1 heterocycles. The average Bonchev–Trinajstić information content (AvgIpc) is 2.38. The summed E-state index contributed by atoms with van der Waals surface area (Å²) in [7, 11) is 2.96. The normalized spacial score (nSPS) is 19.7. The van der Waals surface area contributed by atoms with Crippen molar-refractivity contribution in [1.82, 2.24) is 5.01 Å². The van der Waals surface area contributed by atoms with Crippen LogP contribution in [0, 0.1) is 12.3 Å². The Balaban J connectivity index is 2.39. The molecule has 0 N–H and O–H groups in total. The summed E-state index contributed by atoms with van der Waals surface area (Å²) in [6, 6.07) is 0. The molecule has 0 aromatic rings. The van der Waals surface area contributed by atoms with Crippen LogP contribution >= 0.6 is 0 Å². The Labute approximate surface area is 59.4 Å². The van der Waals surface area contributed by atoms with Crippen molar-refractivity contribution in [1.29, 1.82) is 0 Å². The standard InChI is InChI=1S/C5H10N3O2/c1-10-6-8(9)7-4-2-3-5-7/h1-5H2/b8-6+. The first-order valence-corrected chi connectivity index (χ1v) is 3.19. The van der Waals surface area contributed by atoms with E-state index in [4.69, 9.17) is 0 Å². The van der Waals surface area contributed by atoms with E-state index in [1.54, 1.807) is 5.01 Å². The molecule has 5 nitrogen and oxygen atoms in total. The molecule has 0 amide bonds. The number of hydrogen-bond acceptors (Lipinski definition) is 3. The van der Waals surface area contributed by atoms with E-state index >= 15 is 0 Å². The van der Waals surface area contributed by atoms with Gasteiger partial charge in [0.1, 0.15) is 0 Å². The third kappa shape index (κ3) is 1.49. The van der Waals surface area contributed by atoms with Gasteiger partial charge in [0.25, 0.3) is 0 Å². The van der Waals surface area contributed by atoms with Gasteiger partial charge in [-0.05, 0) is 12.8 Å². The van der Waals surface area contributed by atoms with Gasteiger partial charge in [-0.25, -0.2) is 0 Å². The van der Waals surface area contributed by atoms with Crippen LogP contribution in [-0.2, 0) is 4.84 Å². The van der Waals surface area contributed by atoms with E-state index in [0.717, 1.165) is 25.9 Å². The minimum Gasteiger partial charge on any atom is -0.569 e. The van der Waals surface area contributed by atoms with Gasteiger partial charge in [-0.2, -0.15) is 0 Å². The quantitative estimate of drug-likeness (QED) is 0.325. The number of nitrogens with zero attached hydrogens (tertiary/aromatic N) is 3. The van der Waals surface area contributed by atoms with Gasteiger partial charge < -0.3 is 10.0 Å². The van der Waals surface area contributed by atoms with E-state index in [9.17, 15) is 5.21 Å². The second-order valence-electron chi connectivity index (χ2n) is 2.12. The van der Waals surface area contributed by atoms with E-state index in [1.165, 1.54) is 0 Å². The van der Waals surface area contributed by atoms with Crippen LogP contribution in [0.25, 0.3) is 0 Å². The average molecular weight is 144 g/mol. The van der Waals surface area contributed by atoms with Crippen LogP contribution in [0.1, 0.15) is 12.8 Å². The molecule has 0 aromatic carbocycles. The van der Waals surface area contributed by atoms with Crippen molar-refractivity contribution in [2.24, 2.45) is 5.28 Å². The Morgan fingerprint density at radius 3 is 2.60 bits per heavy atom. The van der Waals surface area contributed by atoms with Gasteiger partial charge in [0.05, 0.1) is 18.1 Å². The minimum atomic E-state index is 0.444. The maximum atomic E-state index is 10.8. The van der Waals surface area contributed by atoms with E-state index in [-0.39, 0.29) is 0 Å². The molecule has 0 spiro atoms. The van der Waals surface area contributed by atoms with E-state index < -0.39 is 0 Å². The molecule has 0 saturated carbocycles. The summed E-state index contributed by atoms with van der Waals surface area (Å²) in [5.74, 6) is 0. The highest BCUT2D eigenvalue weighted by atomic mass is 16.7. The molecule has 1 fully saturated rings. The van der Waals surface area contributed by atoms with Crippen LogP contribution in [0.4, 0.5) is 0 Å². The highest BCUT2D eigenvalue weighted by molar-refractivity contribution is 4.55. The van der Waals surface area contributed by atoms with Gasteiger partial charge in [-0.1, -0.05) is 0 Å². The molecule has 1 aliphatic heterocycles. The fraction of sp³-hybridized carbons (Fsp3) is 0.800. The van der Waals surface area contributed by atoms with Crippen molar-refractivity contribution in [3.8, 4) is 0 Å². The van der Waals surface area contributed by atoms with Crippen molar-refractivity contribution in [2.45, 2.75) is 12.8 Å². The third-order valence-electron chi connectivity index (χ3n) is 1.45. The second-order valence-corrected chi connectivity index (χ2v) is 2.12. The third-order valence-corrected chi connectivity index (χ3v) is 1.45. The molecule has 0 atom stereocenters. The lowest BCUT2D eigenvalue weighted by Gasteiger charge is -2.08. The highest BCUT2D eigenvalue weighted by Crippen LogP contribution is 2.06. The van der Waals surface area contributed by atoms with Crippen molar-refractivity contribution in [3.63, 3.8) is 0 Å². The molecule has 1 radical (unpaired) electrons. The van der Waals surface area contributed by atoms with Crippen molar-refractivity contribution in [2.75, 3.05) is 13.1 Å². The topological polar surface area (TPSA) is 50.9 Å². The zero-order valence-corrected chi connectivity index (χ0v) is 5.69. The van der Waals surface area contributed by atoms with Crippen LogP contribution in [0.2, 0.25) is 0 Å². The Kier molecular flexibility index (Phi) is 2.30. The predicted molar refractivity (Wildman–Crippen MR) is 33.3 cm³/mol. The highest BCUT2D eigenvalue weighted by Gasteiger charge is 2.17. The fourth-order valence-electron chi connectivity index (χ4n) is 0.973. The van der Waals surface area contributed by atoms with Crippen LogP contribution in [0.5, 0.6) is 0 Å². The summed E-state index contributed by atoms with van der Waals surface area (Å²) in [6.45, 7) is 1.52. The number of rotatable bonds is 2. The molecule has 0 unspecified atom stereocenters. The van der Waals surface area contributed by atoms with Gasteiger partial charge in [-0.3, -0.25) is 0 Å². The van der Waals surface area contributed by atoms with Gasteiger partial charge in [-0.15, -0.1) is 5.01 Å². The van der Waals surface area contributed by atoms with Crippen molar-refractivity contribution in [3.05, 3.63) is 12.3 Å². The first-order chi connectivity index (χ1) is 4.84. The SMILES string of the molecule is [CH2]O/N=[N+](/[O-])N1CCCC1. The van der Waals surface area contributed by atoms with E-state index in [1.807, 2.05) is 0 Å². The Bertz CT molecular complexity index is 131. The molecule has 1 rings (SSSR count). The second kappa shape index (κ2) is 3.24. The first-order valence-electron chi connectivity index (χ1n) is 3.19. The Hall–Kier alpha value is -1.00. The molecule has 0 aromatic heterocycles. The molecule has 5 heteroatoms. The lowest BCUT2D eigenvalue weighted by atomic mass is 10.4. The van der Waals surface area contributed by atoms with E-state index in [0.29, 0.717) is 4.97 Å². The lowest BCUT2D eigenvalue weighted by Crippen LogP contribution is -2.26. The maximum Gasteiger partial charge on any atom is 0.233 e. The molecule has 10 heavy (non-hydrogen) atoms. The fourth-order valence-corrected chi connectivity index (χ4v) is 0.973. The van der Waals surface area contributed by atoms with E-state index in [2.05, 4.69) is 17.2 Å². The van der Waals surface area contributed by atoms with Gasteiger partial charge in [0.2, 0.25) is 5.28 Å². The summed E-state index contributed by atoms with van der Waals surface area (Å²) in [5, 5.41) is 15.4. The van der Waals surface area contributed by atoms with Crippen LogP contribution in [-0.4, -0.2) is 23.1 Å². The first kappa shape index (κ1) is 7.11. The van der Waals surface area contributed by atoms with Crippen molar-refractivity contribution >= 4 is 0 Å². The molecular formula is C5H10N3O2. The smallest absolute Gasteiger partial charge is 0.233 e. The lowest BCUT2D eigenvalue weighted by molar-refractivity contribution is -0.705. The summed E-state index contributed by atoms with van der Waals surface area (Å²) < 4.78 is 0. The monoisotopic (exact) mass is 144 g/mol. The molecule has 57 valence electrons. The predicted octanol–water partition coefficient (Wildman–Crippen LogP) is 0.683. The molecular weight excluding hydrogens is 134 g/mol. The van der Waals surface area contributed by atoms with Gasteiger partial charge in [0.15, 0.2) is 7.11 Å². The minimum absolute atomic E-state index is 0.444. The molecule has 0 aliphatic carbocycles. The number of hydrazine groups is 1. The molecule has 0 bridgehead atoms. The van der Waals surface area contributed by atoms with Gasteiger partial charge >= 0.3 is 0 Å². The summed E-state index contributed by atoms with van der Waals surface area (Å²) in [4.78, 5) is 4.51.